The lowest BCUT2D eigenvalue weighted by molar-refractivity contribution is -0.161. The van der Waals surface area contributed by atoms with E-state index in [9.17, 15) is 14.7 Å². The number of carbonyl (C=O) groups is 2. The van der Waals surface area contributed by atoms with Crippen LogP contribution in [-0.4, -0.2) is 36.4 Å². The van der Waals surface area contributed by atoms with E-state index in [0.29, 0.717) is 19.3 Å². The predicted octanol–water partition coefficient (Wildman–Crippen LogP) is 16.3. The monoisotopic (exact) mass is 853 g/mol. The molecule has 0 spiro atoms. The standard InChI is InChI=1S/C57H88O5/c1-3-5-7-9-11-13-15-17-19-21-22-23-24-25-26-27-28-29-30-31-32-33-34-36-38-40-42-44-46-48-50-52-57(60)62-55(53-58)54-61-56(59)51-49-47-45-43-41-39-37-35-20-18-16-14-12-10-8-6-4-2/h5-8,11-14,17-20,22-23,25-26,28-29,31-32,37,39,43,45,55,58H,3-4,9-10,15-16,21,24,27,30,33-36,38,40-42,44,46-54H2,1-2H3/b7-5-,8-6-,13-11-,14-12-,19-17-,20-18-,23-22-,26-25-,29-28-,32-31-,39-37-,45-43-. The Morgan fingerprint density at radius 1 is 0.371 bits per heavy atom. The van der Waals surface area contributed by atoms with Crippen molar-refractivity contribution in [2.75, 3.05) is 13.2 Å². The Bertz CT molecular complexity index is 1380. The van der Waals surface area contributed by atoms with E-state index < -0.39 is 6.10 Å². The van der Waals surface area contributed by atoms with Crippen LogP contribution in [0.15, 0.2) is 146 Å². The lowest BCUT2D eigenvalue weighted by Gasteiger charge is -2.15. The molecule has 0 saturated heterocycles. The second-order valence-electron chi connectivity index (χ2n) is 15.4. The summed E-state index contributed by atoms with van der Waals surface area (Å²) in [5.74, 6) is -0.679. The van der Waals surface area contributed by atoms with Crippen molar-refractivity contribution in [1.82, 2.24) is 0 Å². The lowest BCUT2D eigenvalue weighted by Crippen LogP contribution is -2.28. The van der Waals surface area contributed by atoms with Crippen LogP contribution < -0.4 is 0 Å². The number of ether oxygens (including phenoxy) is 2. The number of aliphatic hydroxyl groups is 1. The minimum atomic E-state index is -0.810. The molecule has 0 radical (unpaired) electrons. The molecule has 1 atom stereocenters. The molecule has 0 aromatic rings. The maximum atomic E-state index is 12.3. The summed E-state index contributed by atoms with van der Waals surface area (Å²) in [6, 6.07) is 0. The number of hydrogen-bond donors (Lipinski definition) is 1. The minimum Gasteiger partial charge on any atom is -0.462 e. The average molecular weight is 853 g/mol. The van der Waals surface area contributed by atoms with Crippen molar-refractivity contribution in [3.8, 4) is 0 Å². The van der Waals surface area contributed by atoms with Crippen LogP contribution in [0.2, 0.25) is 0 Å². The fourth-order valence-electron chi connectivity index (χ4n) is 6.04. The number of allylic oxidation sites excluding steroid dienone is 24. The molecule has 0 rings (SSSR count). The smallest absolute Gasteiger partial charge is 0.306 e. The quantitative estimate of drug-likeness (QED) is 0.0376. The van der Waals surface area contributed by atoms with E-state index in [1.807, 2.05) is 0 Å². The molecule has 0 fully saturated rings. The van der Waals surface area contributed by atoms with Gasteiger partial charge in [-0.25, -0.2) is 0 Å². The molecule has 346 valence electrons. The first-order valence-corrected chi connectivity index (χ1v) is 24.4. The Hall–Kier alpha value is -4.22. The zero-order valence-electron chi connectivity index (χ0n) is 39.3. The lowest BCUT2D eigenvalue weighted by atomic mass is 10.1. The van der Waals surface area contributed by atoms with E-state index in [2.05, 4.69) is 160 Å². The van der Waals surface area contributed by atoms with Crippen LogP contribution in [0.4, 0.5) is 0 Å². The van der Waals surface area contributed by atoms with E-state index in [1.54, 1.807) is 0 Å². The number of hydrogen-bond acceptors (Lipinski definition) is 5. The topological polar surface area (TPSA) is 72.8 Å². The zero-order chi connectivity index (χ0) is 44.9. The van der Waals surface area contributed by atoms with Gasteiger partial charge in [-0.2, -0.15) is 0 Å². The molecule has 0 heterocycles. The predicted molar refractivity (Wildman–Crippen MR) is 269 cm³/mol. The number of rotatable bonds is 42. The highest BCUT2D eigenvalue weighted by Crippen LogP contribution is 2.13. The van der Waals surface area contributed by atoms with Crippen LogP contribution in [0, 0.1) is 0 Å². The third kappa shape index (κ3) is 48.4. The van der Waals surface area contributed by atoms with Gasteiger partial charge in [-0.15, -0.1) is 0 Å². The van der Waals surface area contributed by atoms with Crippen LogP contribution in [-0.2, 0) is 19.1 Å². The molecule has 62 heavy (non-hydrogen) atoms. The molecule has 0 bridgehead atoms. The Balaban J connectivity index is 3.66. The summed E-state index contributed by atoms with van der Waals surface area (Å²) < 4.78 is 10.6. The van der Waals surface area contributed by atoms with E-state index in [0.717, 1.165) is 109 Å². The fourth-order valence-corrected chi connectivity index (χ4v) is 6.04. The molecule has 0 aromatic heterocycles. The van der Waals surface area contributed by atoms with Crippen LogP contribution in [0.3, 0.4) is 0 Å². The maximum absolute atomic E-state index is 12.3. The van der Waals surface area contributed by atoms with Crippen LogP contribution in [0.25, 0.3) is 0 Å². The molecular formula is C57H88O5. The van der Waals surface area contributed by atoms with Crippen LogP contribution in [0.5, 0.6) is 0 Å². The van der Waals surface area contributed by atoms with Crippen LogP contribution in [0.1, 0.15) is 181 Å². The summed E-state index contributed by atoms with van der Waals surface area (Å²) in [5.41, 5.74) is 0. The Kier molecular flexibility index (Phi) is 47.7. The van der Waals surface area contributed by atoms with Gasteiger partial charge in [0.25, 0.3) is 0 Å². The third-order valence-corrected chi connectivity index (χ3v) is 9.63. The summed E-state index contributed by atoms with van der Waals surface area (Å²) in [5, 5.41) is 9.60. The van der Waals surface area contributed by atoms with Gasteiger partial charge in [0.15, 0.2) is 6.10 Å². The second kappa shape index (κ2) is 51.1. The highest BCUT2D eigenvalue weighted by Gasteiger charge is 2.16. The summed E-state index contributed by atoms with van der Waals surface area (Å²) in [7, 11) is 0. The molecule has 5 heteroatoms. The summed E-state index contributed by atoms with van der Waals surface area (Å²) in [6.07, 6.45) is 77.9. The number of esters is 2. The second-order valence-corrected chi connectivity index (χ2v) is 15.4. The Morgan fingerprint density at radius 2 is 0.661 bits per heavy atom. The van der Waals surface area contributed by atoms with E-state index >= 15 is 0 Å². The molecule has 0 aromatic carbocycles. The van der Waals surface area contributed by atoms with E-state index in [4.69, 9.17) is 9.47 Å². The normalized spacial score (nSPS) is 13.5. The van der Waals surface area contributed by atoms with Gasteiger partial charge < -0.3 is 14.6 Å². The highest BCUT2D eigenvalue weighted by molar-refractivity contribution is 5.70. The van der Waals surface area contributed by atoms with E-state index in [-0.39, 0.29) is 25.2 Å². The third-order valence-electron chi connectivity index (χ3n) is 9.63. The molecule has 1 N–H and O–H groups in total. The molecule has 5 nitrogen and oxygen atoms in total. The van der Waals surface area contributed by atoms with Gasteiger partial charge in [-0.1, -0.05) is 205 Å². The van der Waals surface area contributed by atoms with Crippen molar-refractivity contribution in [2.24, 2.45) is 0 Å². The SMILES string of the molecule is CC/C=C\C/C=C\C/C=C\C/C=C\C/C=C\C/C=C\C/C=C\CCCCCCCCCCCC(=O)OC(CO)COC(=O)CCC/C=C\C/C=C\C/C=C\C/C=C\C/C=C\CC. The Labute approximate surface area is 380 Å². The van der Waals surface area contributed by atoms with Crippen molar-refractivity contribution in [1.29, 1.82) is 0 Å². The molecule has 0 amide bonds. The Morgan fingerprint density at radius 3 is 1.02 bits per heavy atom. The molecule has 0 aliphatic carbocycles. The van der Waals surface area contributed by atoms with Gasteiger partial charge in [-0.3, -0.25) is 9.59 Å². The van der Waals surface area contributed by atoms with Gasteiger partial charge in [0.1, 0.15) is 6.61 Å². The summed E-state index contributed by atoms with van der Waals surface area (Å²) >= 11 is 0. The van der Waals surface area contributed by atoms with Crippen molar-refractivity contribution in [3.63, 3.8) is 0 Å². The van der Waals surface area contributed by atoms with Crippen molar-refractivity contribution in [3.05, 3.63) is 146 Å². The maximum Gasteiger partial charge on any atom is 0.306 e. The van der Waals surface area contributed by atoms with Gasteiger partial charge >= 0.3 is 11.9 Å². The fraction of sp³-hybridized carbons (Fsp3) is 0.544. The highest BCUT2D eigenvalue weighted by atomic mass is 16.6. The largest absolute Gasteiger partial charge is 0.462 e. The van der Waals surface area contributed by atoms with Gasteiger partial charge in [-0.05, 0) is 109 Å². The molecular weight excluding hydrogens is 765 g/mol. The zero-order valence-corrected chi connectivity index (χ0v) is 39.3. The van der Waals surface area contributed by atoms with Crippen molar-refractivity contribution >= 4 is 11.9 Å². The number of unbranched alkanes of at least 4 members (excludes halogenated alkanes) is 10. The minimum absolute atomic E-state index is 0.108. The first-order valence-electron chi connectivity index (χ1n) is 24.4. The van der Waals surface area contributed by atoms with Gasteiger partial charge in [0, 0.05) is 12.8 Å². The summed E-state index contributed by atoms with van der Waals surface area (Å²) in [6.45, 7) is 3.84. The molecule has 0 aliphatic heterocycles. The average Bonchev–Trinajstić information content (AvgIpc) is 3.28. The number of carbonyl (C=O) groups excluding carboxylic acids is 2. The van der Waals surface area contributed by atoms with Crippen molar-refractivity contribution < 1.29 is 24.2 Å². The molecule has 1 unspecified atom stereocenters. The molecule has 0 saturated carbocycles. The van der Waals surface area contributed by atoms with Gasteiger partial charge in [0.2, 0.25) is 0 Å². The van der Waals surface area contributed by atoms with Gasteiger partial charge in [0.05, 0.1) is 6.61 Å². The summed E-state index contributed by atoms with van der Waals surface area (Å²) in [4.78, 5) is 24.4. The first kappa shape index (κ1) is 57.8. The van der Waals surface area contributed by atoms with E-state index in [1.165, 1.54) is 38.5 Å². The van der Waals surface area contributed by atoms with Crippen molar-refractivity contribution in [2.45, 2.75) is 187 Å². The first-order chi connectivity index (χ1) is 30.6. The number of aliphatic hydroxyl groups excluding tert-OH is 1. The molecule has 0 aliphatic rings. The van der Waals surface area contributed by atoms with Crippen LogP contribution >= 0.6 is 0 Å².